The van der Waals surface area contributed by atoms with Crippen LogP contribution in [0.25, 0.3) is 11.1 Å². The van der Waals surface area contributed by atoms with Gasteiger partial charge in [0.2, 0.25) is 5.79 Å². The SMILES string of the molecule is CCOC(=O)C(CC)(OC1Cc2ccccc2CN1S(=O)Oc1ccc(-c2ccccc2)cc1)c1cc2n(c(=O)c1C#N)CCC21OCC(CC)(CC)CO1. The molecule has 4 aromatic rings. The van der Waals surface area contributed by atoms with Crippen LogP contribution in [0.15, 0.2) is 89.7 Å². The zero-order valence-electron chi connectivity index (χ0n) is 31.7. The molecule has 0 aliphatic carbocycles. The number of nitriles is 1. The minimum atomic E-state index is -2.10. The molecule has 1 fully saturated rings. The molecule has 12 heteroatoms. The van der Waals surface area contributed by atoms with E-state index in [0.717, 1.165) is 35.1 Å². The van der Waals surface area contributed by atoms with Crippen molar-refractivity contribution in [3.05, 3.63) is 123 Å². The predicted molar refractivity (Wildman–Crippen MR) is 206 cm³/mol. The number of esters is 1. The summed E-state index contributed by atoms with van der Waals surface area (Å²) in [6, 6.07) is 28.7. The number of aromatic nitrogens is 1. The number of pyridine rings is 1. The molecular weight excluding hydrogens is 719 g/mol. The van der Waals surface area contributed by atoms with Crippen LogP contribution in [0.4, 0.5) is 0 Å². The number of rotatable bonds is 12. The molecule has 0 radical (unpaired) electrons. The van der Waals surface area contributed by atoms with Crippen molar-refractivity contribution in [2.45, 2.75) is 90.5 Å². The van der Waals surface area contributed by atoms with Crippen molar-refractivity contribution in [2.75, 3.05) is 19.8 Å². The molecule has 1 aromatic heterocycles. The maximum atomic E-state index is 14.4. The van der Waals surface area contributed by atoms with E-state index in [2.05, 4.69) is 19.9 Å². The Labute approximate surface area is 324 Å². The molecule has 3 aliphatic rings. The molecule has 11 nitrogen and oxygen atoms in total. The summed E-state index contributed by atoms with van der Waals surface area (Å²) >= 11 is -2.10. The van der Waals surface area contributed by atoms with E-state index in [1.807, 2.05) is 66.7 Å². The van der Waals surface area contributed by atoms with E-state index in [9.17, 15) is 19.1 Å². The van der Waals surface area contributed by atoms with Crippen LogP contribution in [0.2, 0.25) is 0 Å². The summed E-state index contributed by atoms with van der Waals surface area (Å²) in [5.74, 6) is -1.62. The standard InChI is InChI=1S/C43H47N3O8S/c1-5-41(6-2)28-51-43(52-29-41)22-23-45-37(43)25-36(35(26-44)39(45)47)42(7-3,40(48)50-8-4)53-38-24-32-16-12-13-17-33(32)27-46(38)55(49)54-34-20-18-31(19-21-34)30-14-10-9-11-15-30/h9-21,25,38H,5-8,22-24,27-29H2,1-4H3. The monoisotopic (exact) mass is 765 g/mol. The average Bonchev–Trinajstić information content (AvgIpc) is 3.58. The summed E-state index contributed by atoms with van der Waals surface area (Å²) < 4.78 is 49.0. The molecule has 0 amide bonds. The highest BCUT2D eigenvalue weighted by molar-refractivity contribution is 7.78. The fourth-order valence-electron chi connectivity index (χ4n) is 7.87. The second kappa shape index (κ2) is 15.8. The van der Waals surface area contributed by atoms with Crippen LogP contribution >= 0.6 is 0 Å². The van der Waals surface area contributed by atoms with Gasteiger partial charge in [-0.05, 0) is 66.6 Å². The summed E-state index contributed by atoms with van der Waals surface area (Å²) in [4.78, 5) is 28.6. The van der Waals surface area contributed by atoms with Gasteiger partial charge in [0, 0.05) is 36.9 Å². The Morgan fingerprint density at radius 3 is 2.24 bits per heavy atom. The number of ether oxygens (including phenoxy) is 4. The minimum Gasteiger partial charge on any atom is -0.464 e. The number of carbonyl (C=O) groups is 1. The number of carbonyl (C=O) groups excluding carboxylic acids is 1. The van der Waals surface area contributed by atoms with Crippen LogP contribution in [0.3, 0.4) is 0 Å². The van der Waals surface area contributed by atoms with Gasteiger partial charge in [-0.25, -0.2) is 4.79 Å². The average molecular weight is 766 g/mol. The zero-order valence-corrected chi connectivity index (χ0v) is 32.6. The first-order valence-corrected chi connectivity index (χ1v) is 20.1. The maximum absolute atomic E-state index is 14.4. The van der Waals surface area contributed by atoms with Gasteiger partial charge in [0.05, 0.1) is 25.5 Å². The molecule has 3 aromatic carbocycles. The van der Waals surface area contributed by atoms with E-state index < -0.39 is 40.4 Å². The Hall–Kier alpha value is -4.64. The zero-order chi connectivity index (χ0) is 38.8. The molecule has 0 N–H and O–H groups in total. The molecule has 0 saturated carbocycles. The van der Waals surface area contributed by atoms with Crippen LogP contribution in [-0.4, -0.2) is 45.1 Å². The second-order valence-corrected chi connectivity index (χ2v) is 15.5. The molecule has 288 valence electrons. The molecule has 1 spiro atoms. The summed E-state index contributed by atoms with van der Waals surface area (Å²) in [5.41, 5.74) is 1.46. The first-order chi connectivity index (χ1) is 26.6. The Morgan fingerprint density at radius 1 is 0.945 bits per heavy atom. The topological polar surface area (TPSA) is 129 Å². The molecule has 7 rings (SSSR count). The van der Waals surface area contributed by atoms with Crippen molar-refractivity contribution in [1.82, 2.24) is 8.87 Å². The van der Waals surface area contributed by atoms with Crippen LogP contribution in [0, 0.1) is 16.7 Å². The summed E-state index contributed by atoms with van der Waals surface area (Å²) in [5, 5.41) is 10.6. The predicted octanol–water partition coefficient (Wildman–Crippen LogP) is 7.02. The van der Waals surface area contributed by atoms with Crippen LogP contribution in [0.1, 0.15) is 81.3 Å². The lowest BCUT2D eigenvalue weighted by Gasteiger charge is -2.44. The molecule has 0 bridgehead atoms. The van der Waals surface area contributed by atoms with Crippen molar-refractivity contribution in [3.63, 3.8) is 0 Å². The lowest BCUT2D eigenvalue weighted by atomic mass is 9.82. The molecule has 3 unspecified atom stereocenters. The number of hydrogen-bond acceptors (Lipinski definition) is 9. The molecule has 1 saturated heterocycles. The third-order valence-electron chi connectivity index (χ3n) is 11.5. The Balaban J connectivity index is 1.28. The van der Waals surface area contributed by atoms with Crippen molar-refractivity contribution in [3.8, 4) is 22.9 Å². The van der Waals surface area contributed by atoms with Gasteiger partial charge in [0.15, 0.2) is 5.60 Å². The normalized spacial score (nSPS) is 20.1. The van der Waals surface area contributed by atoms with Gasteiger partial charge < -0.3 is 27.7 Å². The number of fused-ring (bicyclic) bond motifs is 3. The third kappa shape index (κ3) is 7.04. The van der Waals surface area contributed by atoms with E-state index in [1.54, 1.807) is 36.4 Å². The first-order valence-electron chi connectivity index (χ1n) is 19.1. The van der Waals surface area contributed by atoms with Gasteiger partial charge >= 0.3 is 5.97 Å². The second-order valence-electron chi connectivity index (χ2n) is 14.4. The molecule has 4 heterocycles. The summed E-state index contributed by atoms with van der Waals surface area (Å²) in [6.45, 7) is 9.00. The van der Waals surface area contributed by atoms with E-state index in [4.69, 9.17) is 23.1 Å². The summed E-state index contributed by atoms with van der Waals surface area (Å²) in [6.07, 6.45) is 1.33. The van der Waals surface area contributed by atoms with Crippen molar-refractivity contribution in [1.29, 1.82) is 5.26 Å². The van der Waals surface area contributed by atoms with E-state index in [-0.39, 0.29) is 49.1 Å². The lowest BCUT2D eigenvalue weighted by Crippen LogP contribution is -2.52. The van der Waals surface area contributed by atoms with E-state index in [1.165, 1.54) is 4.57 Å². The van der Waals surface area contributed by atoms with Crippen molar-refractivity contribution < 1.29 is 32.1 Å². The van der Waals surface area contributed by atoms with Gasteiger partial charge in [-0.2, -0.15) is 13.8 Å². The van der Waals surface area contributed by atoms with Crippen LogP contribution < -0.4 is 9.74 Å². The van der Waals surface area contributed by atoms with Gasteiger partial charge in [0.25, 0.3) is 16.8 Å². The van der Waals surface area contributed by atoms with Gasteiger partial charge in [-0.15, -0.1) is 0 Å². The van der Waals surface area contributed by atoms with Crippen LogP contribution in [0.5, 0.6) is 5.75 Å². The highest BCUT2D eigenvalue weighted by atomic mass is 32.2. The van der Waals surface area contributed by atoms with Gasteiger partial charge in [-0.3, -0.25) is 4.79 Å². The van der Waals surface area contributed by atoms with Crippen LogP contribution in [-0.2, 0) is 65.9 Å². The largest absolute Gasteiger partial charge is 0.464 e. The number of benzene rings is 3. The Morgan fingerprint density at radius 2 is 1.60 bits per heavy atom. The first kappa shape index (κ1) is 38.6. The molecule has 55 heavy (non-hydrogen) atoms. The van der Waals surface area contributed by atoms with Crippen molar-refractivity contribution >= 4 is 17.2 Å². The minimum absolute atomic E-state index is 0.00662. The van der Waals surface area contributed by atoms with E-state index in [0.29, 0.717) is 31.1 Å². The van der Waals surface area contributed by atoms with Gasteiger partial charge in [-0.1, -0.05) is 87.5 Å². The quantitative estimate of drug-likeness (QED) is 0.140. The third-order valence-corrected chi connectivity index (χ3v) is 12.6. The molecule has 3 atom stereocenters. The lowest BCUT2D eigenvalue weighted by molar-refractivity contribution is -0.313. The highest BCUT2D eigenvalue weighted by Crippen LogP contribution is 2.47. The maximum Gasteiger partial charge on any atom is 0.343 e. The number of nitrogens with zero attached hydrogens (tertiary/aromatic N) is 3. The van der Waals surface area contributed by atoms with E-state index >= 15 is 0 Å². The Bertz CT molecular complexity index is 2150. The molecular formula is C43H47N3O8S. The number of hydrogen-bond donors (Lipinski definition) is 0. The fourth-order valence-corrected chi connectivity index (χ4v) is 8.80. The van der Waals surface area contributed by atoms with Crippen molar-refractivity contribution in [2.24, 2.45) is 5.41 Å². The molecule has 3 aliphatic heterocycles. The fraction of sp³-hybridized carbons (Fsp3) is 0.419. The smallest absolute Gasteiger partial charge is 0.343 e. The Kier molecular flexibility index (Phi) is 11.1. The van der Waals surface area contributed by atoms with Gasteiger partial charge in [0.1, 0.15) is 23.6 Å². The summed E-state index contributed by atoms with van der Waals surface area (Å²) in [7, 11) is 0. The highest BCUT2D eigenvalue weighted by Gasteiger charge is 2.53.